The summed E-state index contributed by atoms with van der Waals surface area (Å²) in [5, 5.41) is 15.1. The van der Waals surface area contributed by atoms with Gasteiger partial charge in [0.1, 0.15) is 0 Å². The second kappa shape index (κ2) is 7.93. The summed E-state index contributed by atoms with van der Waals surface area (Å²) in [6.07, 6.45) is 4.59. The number of aliphatic hydroxyl groups is 1. The molecule has 1 aliphatic rings. The van der Waals surface area contributed by atoms with Crippen molar-refractivity contribution in [2.24, 2.45) is 0 Å². The van der Waals surface area contributed by atoms with E-state index in [0.29, 0.717) is 13.1 Å². The van der Waals surface area contributed by atoms with Crippen molar-refractivity contribution in [2.75, 3.05) is 13.1 Å². The number of thiophene rings is 1. The van der Waals surface area contributed by atoms with Crippen LogP contribution in [0.2, 0.25) is 0 Å². The molecule has 6 heteroatoms. The number of hydrogen-bond donors (Lipinski definition) is 3. The third kappa shape index (κ3) is 4.32. The van der Waals surface area contributed by atoms with E-state index in [9.17, 15) is 14.7 Å². The lowest BCUT2D eigenvalue weighted by atomic mass is 9.84. The van der Waals surface area contributed by atoms with Gasteiger partial charge >= 0.3 is 11.8 Å². The third-order valence-corrected chi connectivity index (χ3v) is 5.95. The number of aliphatic hydroxyl groups excluding tert-OH is 1. The quantitative estimate of drug-likeness (QED) is 0.696. The van der Waals surface area contributed by atoms with E-state index in [1.54, 1.807) is 18.3 Å². The maximum atomic E-state index is 11.9. The molecule has 23 heavy (non-hydrogen) atoms. The molecule has 0 aromatic carbocycles. The third-order valence-electron chi connectivity index (χ3n) is 4.45. The Balaban J connectivity index is 2.03. The van der Waals surface area contributed by atoms with Crippen LogP contribution in [0.5, 0.6) is 0 Å². The van der Waals surface area contributed by atoms with Crippen LogP contribution in [0.15, 0.2) is 12.1 Å². The Morgan fingerprint density at radius 2 is 1.91 bits per heavy atom. The molecule has 1 aliphatic carbocycles. The smallest absolute Gasteiger partial charge is 0.309 e. The first-order valence-corrected chi connectivity index (χ1v) is 9.14. The van der Waals surface area contributed by atoms with Crippen molar-refractivity contribution in [1.29, 1.82) is 0 Å². The summed E-state index contributed by atoms with van der Waals surface area (Å²) in [6, 6.07) is 4.02. The van der Waals surface area contributed by atoms with E-state index in [-0.39, 0.29) is 5.41 Å². The zero-order valence-corrected chi connectivity index (χ0v) is 14.7. The van der Waals surface area contributed by atoms with Crippen LogP contribution in [0, 0.1) is 0 Å². The largest absolute Gasteiger partial charge is 0.388 e. The predicted octanol–water partition coefficient (Wildman–Crippen LogP) is 2.26. The molecule has 2 amide bonds. The SMILES string of the molecule is CCCNC(=O)C(=O)NCC1(c2ccc(C(C)O)s2)CCCC1. The van der Waals surface area contributed by atoms with Gasteiger partial charge in [-0.1, -0.05) is 19.8 Å². The highest BCUT2D eigenvalue weighted by molar-refractivity contribution is 7.12. The van der Waals surface area contributed by atoms with Gasteiger partial charge in [-0.3, -0.25) is 9.59 Å². The van der Waals surface area contributed by atoms with Gasteiger partial charge in [-0.2, -0.15) is 0 Å². The summed E-state index contributed by atoms with van der Waals surface area (Å²) in [6.45, 7) is 4.70. The molecule has 0 saturated heterocycles. The molecule has 1 fully saturated rings. The van der Waals surface area contributed by atoms with Crippen LogP contribution >= 0.6 is 11.3 Å². The van der Waals surface area contributed by atoms with Gasteiger partial charge in [0.25, 0.3) is 0 Å². The van der Waals surface area contributed by atoms with Crippen molar-refractivity contribution in [2.45, 2.75) is 57.5 Å². The Morgan fingerprint density at radius 1 is 1.26 bits per heavy atom. The summed E-state index contributed by atoms with van der Waals surface area (Å²) in [5.74, 6) is -1.12. The number of hydrogen-bond acceptors (Lipinski definition) is 4. The molecule has 0 bridgehead atoms. The van der Waals surface area contributed by atoms with Crippen LogP contribution in [-0.2, 0) is 15.0 Å². The Hall–Kier alpha value is -1.40. The minimum atomic E-state index is -0.559. The summed E-state index contributed by atoms with van der Waals surface area (Å²) in [7, 11) is 0. The van der Waals surface area contributed by atoms with Crippen LogP contribution in [0.1, 0.15) is 61.8 Å². The van der Waals surface area contributed by atoms with E-state index in [1.807, 2.05) is 13.0 Å². The second-order valence-corrected chi connectivity index (χ2v) is 7.42. The molecule has 128 valence electrons. The molecular weight excluding hydrogens is 312 g/mol. The van der Waals surface area contributed by atoms with Crippen LogP contribution in [-0.4, -0.2) is 30.0 Å². The van der Waals surface area contributed by atoms with E-state index >= 15 is 0 Å². The molecular formula is C17H26N2O3S. The van der Waals surface area contributed by atoms with Gasteiger partial charge in [0, 0.05) is 28.3 Å². The topological polar surface area (TPSA) is 78.4 Å². The molecule has 5 nitrogen and oxygen atoms in total. The van der Waals surface area contributed by atoms with Crippen molar-refractivity contribution in [3.63, 3.8) is 0 Å². The first-order chi connectivity index (χ1) is 11.0. The van der Waals surface area contributed by atoms with E-state index in [2.05, 4.69) is 16.7 Å². The molecule has 0 radical (unpaired) electrons. The van der Waals surface area contributed by atoms with Gasteiger partial charge in [0.05, 0.1) is 6.10 Å². The average molecular weight is 338 g/mol. The Kier molecular flexibility index (Phi) is 6.18. The van der Waals surface area contributed by atoms with Crippen molar-refractivity contribution in [3.8, 4) is 0 Å². The highest BCUT2D eigenvalue weighted by atomic mass is 32.1. The van der Waals surface area contributed by atoms with Crippen LogP contribution in [0.25, 0.3) is 0 Å². The number of rotatable bonds is 6. The van der Waals surface area contributed by atoms with Crippen LogP contribution < -0.4 is 10.6 Å². The number of amides is 2. The Morgan fingerprint density at radius 3 is 2.48 bits per heavy atom. The molecule has 1 atom stereocenters. The molecule has 1 aromatic heterocycles. The number of carbonyl (C=O) groups excluding carboxylic acids is 2. The van der Waals surface area contributed by atoms with E-state index in [0.717, 1.165) is 37.0 Å². The molecule has 1 saturated carbocycles. The minimum absolute atomic E-state index is 0.0987. The maximum Gasteiger partial charge on any atom is 0.309 e. The van der Waals surface area contributed by atoms with Crippen LogP contribution in [0.3, 0.4) is 0 Å². The first kappa shape index (κ1) is 17.9. The lowest BCUT2D eigenvalue weighted by Crippen LogP contribution is -2.45. The molecule has 1 unspecified atom stereocenters. The first-order valence-electron chi connectivity index (χ1n) is 8.33. The molecule has 0 aliphatic heterocycles. The van der Waals surface area contributed by atoms with Gasteiger partial charge in [-0.15, -0.1) is 11.3 Å². The lowest BCUT2D eigenvalue weighted by Gasteiger charge is -2.28. The van der Waals surface area contributed by atoms with Gasteiger partial charge in [0.15, 0.2) is 0 Å². The van der Waals surface area contributed by atoms with Crippen LogP contribution in [0.4, 0.5) is 0 Å². The van der Waals surface area contributed by atoms with Gasteiger partial charge in [-0.25, -0.2) is 0 Å². The molecule has 0 spiro atoms. The van der Waals surface area contributed by atoms with E-state index in [4.69, 9.17) is 0 Å². The Bertz CT molecular complexity index is 548. The fraction of sp³-hybridized carbons (Fsp3) is 0.647. The fourth-order valence-corrected chi connectivity index (χ4v) is 4.26. The summed E-state index contributed by atoms with van der Waals surface area (Å²) >= 11 is 1.61. The zero-order chi connectivity index (χ0) is 16.9. The maximum absolute atomic E-state index is 11.9. The van der Waals surface area contributed by atoms with E-state index in [1.165, 1.54) is 4.88 Å². The molecule has 1 aromatic rings. The van der Waals surface area contributed by atoms with Crippen molar-refractivity contribution in [1.82, 2.24) is 10.6 Å². The van der Waals surface area contributed by atoms with Gasteiger partial charge in [0.2, 0.25) is 0 Å². The van der Waals surface area contributed by atoms with Gasteiger partial charge in [-0.05, 0) is 38.3 Å². The summed E-state index contributed by atoms with van der Waals surface area (Å²) < 4.78 is 0. The van der Waals surface area contributed by atoms with Crippen molar-refractivity contribution < 1.29 is 14.7 Å². The zero-order valence-electron chi connectivity index (χ0n) is 13.9. The molecule has 2 rings (SSSR count). The summed E-state index contributed by atoms with van der Waals surface area (Å²) in [5.41, 5.74) is -0.0987. The Labute approximate surface area is 141 Å². The highest BCUT2D eigenvalue weighted by Gasteiger charge is 2.37. The second-order valence-electron chi connectivity index (χ2n) is 6.30. The standard InChI is InChI=1S/C17H26N2O3S/c1-3-10-18-15(21)16(22)19-11-17(8-4-5-9-17)14-7-6-13(23-14)12(2)20/h6-7,12,20H,3-5,8-11H2,1-2H3,(H,18,21)(H,19,22). The number of nitrogens with one attached hydrogen (secondary N) is 2. The predicted molar refractivity (Wildman–Crippen MR) is 91.4 cm³/mol. The monoisotopic (exact) mass is 338 g/mol. The molecule has 1 heterocycles. The van der Waals surface area contributed by atoms with Crippen molar-refractivity contribution >= 4 is 23.2 Å². The average Bonchev–Trinajstić information content (AvgIpc) is 3.19. The highest BCUT2D eigenvalue weighted by Crippen LogP contribution is 2.44. The minimum Gasteiger partial charge on any atom is -0.388 e. The molecule has 3 N–H and O–H groups in total. The number of carbonyl (C=O) groups is 2. The lowest BCUT2D eigenvalue weighted by molar-refractivity contribution is -0.139. The van der Waals surface area contributed by atoms with Crippen molar-refractivity contribution in [3.05, 3.63) is 21.9 Å². The van der Waals surface area contributed by atoms with Gasteiger partial charge < -0.3 is 15.7 Å². The normalized spacial score (nSPS) is 17.7. The van der Waals surface area contributed by atoms with E-state index < -0.39 is 17.9 Å². The fourth-order valence-electron chi connectivity index (χ4n) is 3.07. The summed E-state index contributed by atoms with van der Waals surface area (Å²) in [4.78, 5) is 25.8.